The summed E-state index contributed by atoms with van der Waals surface area (Å²) in [6.07, 6.45) is 0. The number of carbonyl (C=O) groups excluding carboxylic acids is 1. The lowest BCUT2D eigenvalue weighted by Gasteiger charge is -1.94. The third-order valence-electron chi connectivity index (χ3n) is 0.348. The molecule has 0 saturated heterocycles. The normalized spacial score (nSPS) is 9.71. The zero-order valence-corrected chi connectivity index (χ0v) is 5.63. The summed E-state index contributed by atoms with van der Waals surface area (Å²) >= 11 is 1.29. The predicted molar refractivity (Wildman–Crippen MR) is 32.9 cm³/mol. The first-order valence-electron chi connectivity index (χ1n) is 2.11. The summed E-state index contributed by atoms with van der Waals surface area (Å²) in [6, 6.07) is 0. The van der Waals surface area contributed by atoms with Gasteiger partial charge < -0.3 is 0 Å². The molecular weight excluding hydrogens is 108 g/mol. The highest BCUT2D eigenvalue weighted by Crippen LogP contribution is 2.16. The van der Waals surface area contributed by atoms with E-state index in [0.29, 0.717) is 0 Å². The van der Waals surface area contributed by atoms with Crippen LogP contribution in [-0.2, 0) is 4.79 Å². The van der Waals surface area contributed by atoms with Gasteiger partial charge in [-0.3, -0.25) is 4.79 Å². The highest BCUT2D eigenvalue weighted by molar-refractivity contribution is 8.15. The summed E-state index contributed by atoms with van der Waals surface area (Å²) in [5, 5.41) is 1.27. The van der Waals surface area contributed by atoms with Gasteiger partial charge in [-0.05, 0) is 13.8 Å². The molecule has 1 radical (unpaired) electrons. The van der Waals surface area contributed by atoms with Gasteiger partial charge in [0, 0.05) is 12.2 Å². The molecule has 0 fully saturated rings. The van der Waals surface area contributed by atoms with Crippen LogP contribution in [0.1, 0.15) is 20.8 Å². The van der Waals surface area contributed by atoms with Crippen molar-refractivity contribution < 1.29 is 4.79 Å². The van der Waals surface area contributed by atoms with Crippen molar-refractivity contribution in [1.82, 2.24) is 0 Å². The van der Waals surface area contributed by atoms with Crippen molar-refractivity contribution in [2.75, 3.05) is 0 Å². The molecule has 0 saturated carbocycles. The number of carbonyl (C=O) groups is 1. The van der Waals surface area contributed by atoms with Crippen LogP contribution < -0.4 is 0 Å². The third-order valence-corrected chi connectivity index (χ3v) is 1.04. The minimum absolute atomic E-state index is 0.167. The summed E-state index contributed by atoms with van der Waals surface area (Å²) in [6.45, 7) is 5.41. The molecule has 0 aromatic rings. The topological polar surface area (TPSA) is 17.1 Å². The van der Waals surface area contributed by atoms with Crippen molar-refractivity contribution in [3.63, 3.8) is 0 Å². The van der Waals surface area contributed by atoms with Gasteiger partial charge in [-0.15, -0.1) is 0 Å². The van der Waals surface area contributed by atoms with Crippen LogP contribution in [0.4, 0.5) is 0 Å². The minimum atomic E-state index is 0.167. The van der Waals surface area contributed by atoms with Crippen LogP contribution in [0, 0.1) is 5.25 Å². The van der Waals surface area contributed by atoms with Gasteiger partial charge in [-0.1, -0.05) is 11.8 Å². The van der Waals surface area contributed by atoms with Crippen LogP contribution in [0.2, 0.25) is 0 Å². The van der Waals surface area contributed by atoms with Crippen molar-refractivity contribution in [3.05, 3.63) is 5.25 Å². The van der Waals surface area contributed by atoms with E-state index in [1.54, 1.807) is 6.92 Å². The second kappa shape index (κ2) is 3.08. The Morgan fingerprint density at radius 2 is 1.71 bits per heavy atom. The minimum Gasteiger partial charge on any atom is -0.288 e. The average molecular weight is 117 g/mol. The van der Waals surface area contributed by atoms with Crippen LogP contribution in [-0.4, -0.2) is 5.12 Å². The summed E-state index contributed by atoms with van der Waals surface area (Å²) in [7, 11) is 0. The number of rotatable bonds is 1. The number of thioether (sulfide) groups is 1. The summed E-state index contributed by atoms with van der Waals surface area (Å²) in [5.74, 6) is 0. The van der Waals surface area contributed by atoms with E-state index in [4.69, 9.17) is 0 Å². The summed E-state index contributed by atoms with van der Waals surface area (Å²) in [5.41, 5.74) is 0. The standard InChI is InChI=1S/C5H9OS/c1-4(2)7-5(3)6/h1-3H3. The fourth-order valence-corrected chi connectivity index (χ4v) is 0.862. The highest BCUT2D eigenvalue weighted by atomic mass is 32.2. The van der Waals surface area contributed by atoms with Gasteiger partial charge in [-0.25, -0.2) is 0 Å². The van der Waals surface area contributed by atoms with Crippen molar-refractivity contribution in [1.29, 1.82) is 0 Å². The molecule has 2 heteroatoms. The lowest BCUT2D eigenvalue weighted by Crippen LogP contribution is -1.82. The molecule has 0 aliphatic heterocycles. The SMILES string of the molecule is C[C](C)SC(C)=O. The molecule has 0 amide bonds. The average Bonchev–Trinajstić information content (AvgIpc) is 1.27. The van der Waals surface area contributed by atoms with E-state index >= 15 is 0 Å². The second-order valence-corrected chi connectivity index (χ2v) is 3.10. The van der Waals surface area contributed by atoms with E-state index in [9.17, 15) is 4.79 Å². The quantitative estimate of drug-likeness (QED) is 0.521. The van der Waals surface area contributed by atoms with E-state index in [-0.39, 0.29) is 5.12 Å². The lowest BCUT2D eigenvalue weighted by molar-refractivity contribution is -0.109. The monoisotopic (exact) mass is 117 g/mol. The third kappa shape index (κ3) is 6.02. The van der Waals surface area contributed by atoms with Crippen molar-refractivity contribution >= 4 is 16.9 Å². The molecule has 41 valence electrons. The number of hydrogen-bond acceptors (Lipinski definition) is 2. The van der Waals surface area contributed by atoms with Crippen LogP contribution in [0.25, 0.3) is 0 Å². The van der Waals surface area contributed by atoms with Crippen molar-refractivity contribution in [2.45, 2.75) is 20.8 Å². The Hall–Kier alpha value is 0.0200. The molecule has 0 aliphatic rings. The van der Waals surface area contributed by atoms with E-state index in [0.717, 1.165) is 5.25 Å². The molecule has 0 spiro atoms. The fourth-order valence-electron chi connectivity index (χ4n) is 0.287. The molecule has 0 aromatic heterocycles. The molecule has 0 heterocycles. The van der Waals surface area contributed by atoms with Gasteiger partial charge in [-0.2, -0.15) is 0 Å². The van der Waals surface area contributed by atoms with Crippen LogP contribution in [0.15, 0.2) is 0 Å². The maximum Gasteiger partial charge on any atom is 0.186 e. The van der Waals surface area contributed by atoms with E-state index in [2.05, 4.69) is 0 Å². The maximum atomic E-state index is 10.2. The van der Waals surface area contributed by atoms with Gasteiger partial charge in [0.15, 0.2) is 5.12 Å². The van der Waals surface area contributed by atoms with Crippen LogP contribution in [0.5, 0.6) is 0 Å². The van der Waals surface area contributed by atoms with Gasteiger partial charge in [0.05, 0.1) is 0 Å². The molecular formula is C5H9OS. The fraction of sp³-hybridized carbons (Fsp3) is 0.600. The smallest absolute Gasteiger partial charge is 0.186 e. The Labute approximate surface area is 48.5 Å². The van der Waals surface area contributed by atoms with Crippen molar-refractivity contribution in [2.24, 2.45) is 0 Å². The highest BCUT2D eigenvalue weighted by Gasteiger charge is 1.96. The van der Waals surface area contributed by atoms with E-state index < -0.39 is 0 Å². The van der Waals surface area contributed by atoms with Gasteiger partial charge in [0.1, 0.15) is 0 Å². The van der Waals surface area contributed by atoms with Crippen molar-refractivity contribution in [3.8, 4) is 0 Å². The zero-order chi connectivity index (χ0) is 5.86. The molecule has 0 bridgehead atoms. The molecule has 0 aliphatic carbocycles. The molecule has 0 N–H and O–H groups in total. The first-order valence-corrected chi connectivity index (χ1v) is 2.93. The second-order valence-electron chi connectivity index (χ2n) is 1.50. The Morgan fingerprint density at radius 3 is 1.71 bits per heavy atom. The summed E-state index contributed by atoms with van der Waals surface area (Å²) < 4.78 is 0. The Kier molecular flexibility index (Phi) is 3.09. The first-order chi connectivity index (χ1) is 3.13. The van der Waals surface area contributed by atoms with Gasteiger partial charge in [0.25, 0.3) is 0 Å². The maximum absolute atomic E-state index is 10.2. The molecule has 7 heavy (non-hydrogen) atoms. The van der Waals surface area contributed by atoms with E-state index in [1.807, 2.05) is 13.8 Å². The molecule has 0 aromatic carbocycles. The lowest BCUT2D eigenvalue weighted by atomic mass is 10.6. The predicted octanol–water partition coefficient (Wildman–Crippen LogP) is 1.84. The van der Waals surface area contributed by atoms with E-state index in [1.165, 1.54) is 11.8 Å². The Bertz CT molecular complexity index is 68.5. The largest absolute Gasteiger partial charge is 0.288 e. The molecule has 1 nitrogen and oxygen atoms in total. The number of hydrogen-bond donors (Lipinski definition) is 0. The molecule has 0 atom stereocenters. The first kappa shape index (κ1) is 7.02. The van der Waals surface area contributed by atoms with Crippen LogP contribution >= 0.6 is 11.8 Å². The van der Waals surface area contributed by atoms with Gasteiger partial charge >= 0.3 is 0 Å². The summed E-state index contributed by atoms with van der Waals surface area (Å²) in [4.78, 5) is 10.2. The van der Waals surface area contributed by atoms with Gasteiger partial charge in [0.2, 0.25) is 0 Å². The van der Waals surface area contributed by atoms with Crippen LogP contribution in [0.3, 0.4) is 0 Å². The molecule has 0 unspecified atom stereocenters. The Morgan fingerprint density at radius 1 is 1.29 bits per heavy atom. The Balaban J connectivity index is 3.13. The molecule has 0 rings (SSSR count). The zero-order valence-electron chi connectivity index (χ0n) is 4.82.